The first-order valence-corrected chi connectivity index (χ1v) is 10.5. The number of carboxylic acids is 1. The maximum absolute atomic E-state index is 12.6. The third-order valence-electron chi connectivity index (χ3n) is 5.44. The van der Waals surface area contributed by atoms with Gasteiger partial charge in [0.05, 0.1) is 0 Å². The Morgan fingerprint density at radius 1 is 1.03 bits per heavy atom. The Bertz CT molecular complexity index is 1030. The molecule has 2 atom stereocenters. The molecule has 0 bridgehead atoms. The van der Waals surface area contributed by atoms with E-state index in [1.54, 1.807) is 19.0 Å². The Kier molecular flexibility index (Phi) is 7.70. The number of nitrogens with one attached hydrogen (secondary N) is 2. The topological polar surface area (TPSA) is 108 Å². The van der Waals surface area contributed by atoms with Gasteiger partial charge in [0.25, 0.3) is 0 Å². The Morgan fingerprint density at radius 2 is 1.61 bits per heavy atom. The van der Waals surface area contributed by atoms with Gasteiger partial charge in [0.15, 0.2) is 0 Å². The smallest absolute Gasteiger partial charge is 0.407 e. The molecule has 0 saturated carbocycles. The Hall–Kier alpha value is -3.83. The number of rotatable bonds is 9. The molecule has 33 heavy (non-hydrogen) atoms. The van der Waals surface area contributed by atoms with Gasteiger partial charge in [0.1, 0.15) is 18.7 Å². The van der Waals surface area contributed by atoms with Crippen LogP contribution in [0, 0.1) is 12.3 Å². The fourth-order valence-corrected chi connectivity index (χ4v) is 3.93. The highest BCUT2D eigenvalue weighted by atomic mass is 16.5. The minimum atomic E-state index is -1.18. The van der Waals surface area contributed by atoms with Gasteiger partial charge in [-0.1, -0.05) is 48.5 Å². The second kappa shape index (κ2) is 10.7. The predicted molar refractivity (Wildman–Crippen MR) is 124 cm³/mol. The van der Waals surface area contributed by atoms with Crippen LogP contribution in [0.4, 0.5) is 4.79 Å². The number of benzene rings is 2. The van der Waals surface area contributed by atoms with Gasteiger partial charge in [-0.15, -0.1) is 12.3 Å². The van der Waals surface area contributed by atoms with Gasteiger partial charge in [-0.2, -0.15) is 0 Å². The molecule has 3 N–H and O–H groups in total. The van der Waals surface area contributed by atoms with Gasteiger partial charge in [-0.25, -0.2) is 9.59 Å². The number of carbonyl (C=O) groups excluding carboxylic acids is 2. The maximum atomic E-state index is 12.6. The van der Waals surface area contributed by atoms with E-state index >= 15 is 0 Å². The number of aliphatic carboxylic acids is 1. The maximum Gasteiger partial charge on any atom is 0.407 e. The number of fused-ring (bicyclic) bond motifs is 3. The largest absolute Gasteiger partial charge is 0.480 e. The molecule has 0 aromatic heterocycles. The number of terminal acetylenes is 1. The standard InChI is InChI=1S/C25H27N3O5/c1-4-9-21(23(29)26-22(24(30)31)14-28(2)3)27-25(32)33-15-20-18-12-7-5-10-16(18)17-11-6-8-13-19(17)20/h1,5-8,10-13,20-22H,9,14-15H2,2-3H3,(H,26,29)(H,27,32)(H,30,31). The molecule has 3 rings (SSSR count). The monoisotopic (exact) mass is 449 g/mol. The van der Waals surface area contributed by atoms with E-state index in [2.05, 4.69) is 16.6 Å². The summed E-state index contributed by atoms with van der Waals surface area (Å²) in [5.74, 6) is 0.339. The number of hydrogen-bond donors (Lipinski definition) is 3. The summed E-state index contributed by atoms with van der Waals surface area (Å²) in [6.45, 7) is 0.178. The van der Waals surface area contributed by atoms with Crippen molar-refractivity contribution >= 4 is 18.0 Å². The van der Waals surface area contributed by atoms with E-state index in [0.717, 1.165) is 22.3 Å². The van der Waals surface area contributed by atoms with Crippen molar-refractivity contribution in [3.63, 3.8) is 0 Å². The lowest BCUT2D eigenvalue weighted by Gasteiger charge is -2.22. The molecule has 8 heteroatoms. The number of nitrogens with zero attached hydrogens (tertiary/aromatic N) is 1. The molecule has 0 aliphatic heterocycles. The molecule has 2 unspecified atom stereocenters. The van der Waals surface area contributed by atoms with Crippen molar-refractivity contribution in [3.8, 4) is 23.5 Å². The number of carbonyl (C=O) groups is 3. The number of hydrogen-bond acceptors (Lipinski definition) is 5. The van der Waals surface area contributed by atoms with E-state index in [4.69, 9.17) is 11.2 Å². The Morgan fingerprint density at radius 3 is 2.12 bits per heavy atom. The van der Waals surface area contributed by atoms with Crippen LogP contribution in [0.5, 0.6) is 0 Å². The lowest BCUT2D eigenvalue weighted by molar-refractivity contribution is -0.142. The summed E-state index contributed by atoms with van der Waals surface area (Å²) in [6, 6.07) is 13.6. The number of amides is 2. The van der Waals surface area contributed by atoms with Crippen molar-refractivity contribution in [2.75, 3.05) is 27.2 Å². The molecule has 0 saturated heterocycles. The third kappa shape index (κ3) is 5.70. The van der Waals surface area contributed by atoms with E-state index in [9.17, 15) is 19.5 Å². The minimum Gasteiger partial charge on any atom is -0.480 e. The van der Waals surface area contributed by atoms with Crippen molar-refractivity contribution in [2.45, 2.75) is 24.4 Å². The Labute approximate surface area is 192 Å². The molecule has 2 aromatic carbocycles. The molecule has 0 heterocycles. The van der Waals surface area contributed by atoms with Crippen LogP contribution in [0.2, 0.25) is 0 Å². The first-order valence-electron chi connectivity index (χ1n) is 10.5. The van der Waals surface area contributed by atoms with Gasteiger partial charge < -0.3 is 25.4 Å². The van der Waals surface area contributed by atoms with Crippen LogP contribution in [0.15, 0.2) is 48.5 Å². The van der Waals surface area contributed by atoms with Crippen molar-refractivity contribution in [2.24, 2.45) is 0 Å². The molecule has 172 valence electrons. The van der Waals surface area contributed by atoms with Crippen LogP contribution < -0.4 is 10.6 Å². The summed E-state index contributed by atoms with van der Waals surface area (Å²) in [5, 5.41) is 14.2. The van der Waals surface area contributed by atoms with E-state index in [0.29, 0.717) is 0 Å². The molecular weight excluding hydrogens is 422 g/mol. The molecule has 1 aliphatic carbocycles. The fourth-order valence-electron chi connectivity index (χ4n) is 3.93. The van der Waals surface area contributed by atoms with Crippen molar-refractivity contribution in [3.05, 3.63) is 59.7 Å². The van der Waals surface area contributed by atoms with Crippen LogP contribution in [-0.4, -0.2) is 67.3 Å². The van der Waals surface area contributed by atoms with Crippen LogP contribution in [0.3, 0.4) is 0 Å². The predicted octanol–water partition coefficient (Wildman–Crippen LogP) is 2.05. The average Bonchev–Trinajstić information content (AvgIpc) is 3.10. The highest BCUT2D eigenvalue weighted by Crippen LogP contribution is 2.44. The van der Waals surface area contributed by atoms with Crippen LogP contribution in [-0.2, 0) is 14.3 Å². The summed E-state index contributed by atoms with van der Waals surface area (Å²) < 4.78 is 5.46. The fraction of sp³-hybridized carbons (Fsp3) is 0.320. The second-order valence-electron chi connectivity index (χ2n) is 8.09. The highest BCUT2D eigenvalue weighted by Gasteiger charge is 2.30. The summed E-state index contributed by atoms with van der Waals surface area (Å²) in [4.78, 5) is 38.2. The van der Waals surface area contributed by atoms with E-state index in [1.807, 2.05) is 48.5 Å². The first kappa shape index (κ1) is 23.8. The SMILES string of the molecule is C#CCC(NC(=O)OCC1c2ccccc2-c2ccccc21)C(=O)NC(CN(C)C)C(=O)O. The molecule has 8 nitrogen and oxygen atoms in total. The summed E-state index contributed by atoms with van der Waals surface area (Å²) in [5.41, 5.74) is 4.34. The Balaban J connectivity index is 1.64. The molecule has 0 spiro atoms. The number of carboxylic acid groups (broad SMARTS) is 1. The van der Waals surface area contributed by atoms with E-state index < -0.39 is 30.1 Å². The van der Waals surface area contributed by atoms with Gasteiger partial charge in [0, 0.05) is 18.9 Å². The number of ether oxygens (including phenoxy) is 1. The molecule has 0 fully saturated rings. The summed E-state index contributed by atoms with van der Waals surface area (Å²) in [6.07, 6.45) is 4.44. The summed E-state index contributed by atoms with van der Waals surface area (Å²) >= 11 is 0. The lowest BCUT2D eigenvalue weighted by atomic mass is 9.98. The van der Waals surface area contributed by atoms with E-state index in [-0.39, 0.29) is 25.5 Å². The molecule has 0 radical (unpaired) electrons. The zero-order valence-corrected chi connectivity index (χ0v) is 18.6. The van der Waals surface area contributed by atoms with Crippen molar-refractivity contribution in [1.29, 1.82) is 0 Å². The summed E-state index contributed by atoms with van der Waals surface area (Å²) in [7, 11) is 3.38. The molecule has 2 aromatic rings. The first-order chi connectivity index (χ1) is 15.8. The van der Waals surface area contributed by atoms with Crippen LogP contribution in [0.1, 0.15) is 23.5 Å². The quantitative estimate of drug-likeness (QED) is 0.506. The van der Waals surface area contributed by atoms with Gasteiger partial charge in [0.2, 0.25) is 5.91 Å². The minimum absolute atomic E-state index is 0.0859. The molecule has 1 aliphatic rings. The number of alkyl carbamates (subject to hydrolysis) is 1. The zero-order valence-electron chi connectivity index (χ0n) is 18.6. The molecule has 2 amide bonds. The van der Waals surface area contributed by atoms with Crippen molar-refractivity contribution < 1.29 is 24.2 Å². The average molecular weight is 450 g/mol. The van der Waals surface area contributed by atoms with Gasteiger partial charge >= 0.3 is 12.1 Å². The lowest BCUT2D eigenvalue weighted by Crippen LogP contribution is -2.54. The van der Waals surface area contributed by atoms with Crippen LogP contribution in [0.25, 0.3) is 11.1 Å². The van der Waals surface area contributed by atoms with Crippen molar-refractivity contribution in [1.82, 2.24) is 15.5 Å². The van der Waals surface area contributed by atoms with E-state index in [1.165, 1.54) is 0 Å². The zero-order chi connectivity index (χ0) is 24.0. The highest BCUT2D eigenvalue weighted by molar-refractivity contribution is 5.89. The van der Waals surface area contributed by atoms with Gasteiger partial charge in [-0.3, -0.25) is 4.79 Å². The van der Waals surface area contributed by atoms with Crippen LogP contribution >= 0.6 is 0 Å². The third-order valence-corrected chi connectivity index (χ3v) is 5.44. The van der Waals surface area contributed by atoms with Gasteiger partial charge in [-0.05, 0) is 36.3 Å². The number of likely N-dealkylation sites (N-methyl/N-ethyl adjacent to an activating group) is 1. The normalized spacial score (nSPS) is 13.9. The molecular formula is C25H27N3O5. The second-order valence-corrected chi connectivity index (χ2v) is 8.09.